The quantitative estimate of drug-likeness (QED) is 0.789. The third kappa shape index (κ3) is 5.43. The number of pyridine rings is 1. The summed E-state index contributed by atoms with van der Waals surface area (Å²) in [4.78, 5) is 28.2. The van der Waals surface area contributed by atoms with Crippen molar-refractivity contribution in [2.45, 2.75) is 19.4 Å². The van der Waals surface area contributed by atoms with Crippen molar-refractivity contribution in [1.29, 1.82) is 0 Å². The molecule has 2 aromatic rings. The van der Waals surface area contributed by atoms with Gasteiger partial charge in [-0.15, -0.1) is 0 Å². The number of ether oxygens (including phenoxy) is 1. The van der Waals surface area contributed by atoms with Gasteiger partial charge in [0.05, 0.1) is 12.5 Å². The number of carbonyl (C=O) groups is 2. The summed E-state index contributed by atoms with van der Waals surface area (Å²) in [7, 11) is 1.55. The van der Waals surface area contributed by atoms with Crippen molar-refractivity contribution in [2.75, 3.05) is 17.7 Å². The van der Waals surface area contributed by atoms with Gasteiger partial charge in [0, 0.05) is 29.0 Å². The van der Waals surface area contributed by atoms with E-state index < -0.39 is 0 Å². The highest BCUT2D eigenvalue weighted by Gasteiger charge is 2.11. The van der Waals surface area contributed by atoms with Gasteiger partial charge in [-0.3, -0.25) is 9.59 Å². The summed E-state index contributed by atoms with van der Waals surface area (Å²) in [5.74, 6) is -0.0192. The Kier molecular flexibility index (Phi) is 6.45. The number of rotatable bonds is 6. The van der Waals surface area contributed by atoms with Crippen LogP contribution in [0.15, 0.2) is 47.1 Å². The maximum atomic E-state index is 12.3. The summed E-state index contributed by atoms with van der Waals surface area (Å²) in [5.41, 5.74) is 0.983. The van der Waals surface area contributed by atoms with Crippen molar-refractivity contribution in [2.24, 2.45) is 0 Å². The molecule has 0 aliphatic heterocycles. The molecule has 24 heavy (non-hydrogen) atoms. The second-order valence-electron chi connectivity index (χ2n) is 5.20. The Labute approximate surface area is 148 Å². The molecule has 0 aliphatic carbocycles. The van der Waals surface area contributed by atoms with Gasteiger partial charge in [-0.1, -0.05) is 6.07 Å². The van der Waals surface area contributed by atoms with Crippen molar-refractivity contribution in [3.05, 3.63) is 52.6 Å². The van der Waals surface area contributed by atoms with Gasteiger partial charge in [0.25, 0.3) is 5.91 Å². The Hall–Kier alpha value is -2.25. The van der Waals surface area contributed by atoms with Crippen molar-refractivity contribution in [3.8, 4) is 0 Å². The van der Waals surface area contributed by atoms with Crippen LogP contribution >= 0.6 is 15.9 Å². The van der Waals surface area contributed by atoms with Gasteiger partial charge in [-0.25, -0.2) is 4.98 Å². The van der Waals surface area contributed by atoms with E-state index in [0.717, 1.165) is 4.47 Å². The molecule has 0 saturated heterocycles. The summed E-state index contributed by atoms with van der Waals surface area (Å²) in [6.07, 6.45) is 1.68. The SMILES string of the molecule is COC(C)CC(=O)Nc1cccc(C(=O)Nc2ccc(Br)cn2)c1. The summed E-state index contributed by atoms with van der Waals surface area (Å²) in [6.45, 7) is 1.81. The van der Waals surface area contributed by atoms with Gasteiger partial charge in [0.1, 0.15) is 5.82 Å². The van der Waals surface area contributed by atoms with Gasteiger partial charge in [-0.2, -0.15) is 0 Å². The van der Waals surface area contributed by atoms with E-state index in [1.165, 1.54) is 0 Å². The molecule has 0 saturated carbocycles. The van der Waals surface area contributed by atoms with Crippen LogP contribution in [0.1, 0.15) is 23.7 Å². The average Bonchev–Trinajstić information content (AvgIpc) is 2.57. The normalized spacial score (nSPS) is 11.6. The largest absolute Gasteiger partial charge is 0.381 e. The first kappa shape index (κ1) is 18.1. The fourth-order valence-electron chi connectivity index (χ4n) is 1.93. The number of methoxy groups -OCH3 is 1. The third-order valence-electron chi connectivity index (χ3n) is 3.25. The molecule has 6 nitrogen and oxygen atoms in total. The Morgan fingerprint density at radius 2 is 2.04 bits per heavy atom. The number of hydrogen-bond donors (Lipinski definition) is 2. The molecule has 0 radical (unpaired) electrons. The van der Waals surface area contributed by atoms with Gasteiger partial charge in [0.15, 0.2) is 0 Å². The van der Waals surface area contributed by atoms with E-state index in [9.17, 15) is 9.59 Å². The molecule has 0 bridgehead atoms. The molecule has 2 amide bonds. The number of benzene rings is 1. The minimum Gasteiger partial charge on any atom is -0.381 e. The minimum atomic E-state index is -0.300. The molecule has 7 heteroatoms. The third-order valence-corrected chi connectivity index (χ3v) is 3.72. The molecular formula is C17H18BrN3O3. The minimum absolute atomic E-state index is 0.167. The maximum absolute atomic E-state index is 12.3. The molecular weight excluding hydrogens is 374 g/mol. The van der Waals surface area contributed by atoms with Crippen LogP contribution in [0.3, 0.4) is 0 Å². The Morgan fingerprint density at radius 3 is 2.71 bits per heavy atom. The van der Waals surface area contributed by atoms with Crippen LogP contribution in [0.2, 0.25) is 0 Å². The lowest BCUT2D eigenvalue weighted by atomic mass is 10.1. The highest BCUT2D eigenvalue weighted by Crippen LogP contribution is 2.15. The van der Waals surface area contributed by atoms with Gasteiger partial charge in [-0.05, 0) is 53.2 Å². The molecule has 1 aromatic carbocycles. The lowest BCUT2D eigenvalue weighted by Crippen LogP contribution is -2.19. The highest BCUT2D eigenvalue weighted by atomic mass is 79.9. The smallest absolute Gasteiger partial charge is 0.256 e. The zero-order valence-corrected chi connectivity index (χ0v) is 15.0. The second-order valence-corrected chi connectivity index (χ2v) is 6.11. The number of halogens is 1. The number of hydrogen-bond acceptors (Lipinski definition) is 4. The van der Waals surface area contributed by atoms with Gasteiger partial charge < -0.3 is 15.4 Å². The number of nitrogens with one attached hydrogen (secondary N) is 2. The number of anilines is 2. The first-order valence-corrected chi connectivity index (χ1v) is 8.13. The molecule has 0 fully saturated rings. The Morgan fingerprint density at radius 1 is 1.25 bits per heavy atom. The lowest BCUT2D eigenvalue weighted by molar-refractivity contribution is -0.118. The summed E-state index contributed by atoms with van der Waals surface area (Å²) in [6, 6.07) is 10.2. The predicted octanol–water partition coefficient (Wildman–Crippen LogP) is 3.46. The van der Waals surface area contributed by atoms with E-state index in [1.807, 2.05) is 6.92 Å². The van der Waals surface area contributed by atoms with Crippen LogP contribution in [0.25, 0.3) is 0 Å². The maximum Gasteiger partial charge on any atom is 0.256 e. The van der Waals surface area contributed by atoms with Gasteiger partial charge in [0.2, 0.25) is 5.91 Å². The molecule has 0 aliphatic rings. The number of carbonyl (C=O) groups excluding carboxylic acids is 2. The first-order valence-electron chi connectivity index (χ1n) is 7.33. The van der Waals surface area contributed by atoms with Crippen LogP contribution in [0.5, 0.6) is 0 Å². The van der Waals surface area contributed by atoms with Crippen LogP contribution in [0.4, 0.5) is 11.5 Å². The first-order chi connectivity index (χ1) is 11.5. The van der Waals surface area contributed by atoms with E-state index in [2.05, 4.69) is 31.5 Å². The van der Waals surface area contributed by atoms with Crippen molar-refractivity contribution in [1.82, 2.24) is 4.98 Å². The standard InChI is InChI=1S/C17H18BrN3O3/c1-11(24-2)8-16(22)20-14-5-3-4-12(9-14)17(23)21-15-7-6-13(18)10-19-15/h3-7,9-11H,8H2,1-2H3,(H,20,22)(H,19,21,23). The zero-order chi connectivity index (χ0) is 17.5. The van der Waals surface area contributed by atoms with Crippen LogP contribution in [0, 0.1) is 0 Å². The molecule has 2 rings (SSSR count). The molecule has 2 N–H and O–H groups in total. The van der Waals surface area contributed by atoms with Gasteiger partial charge >= 0.3 is 0 Å². The van der Waals surface area contributed by atoms with E-state index in [-0.39, 0.29) is 24.3 Å². The fraction of sp³-hybridized carbons (Fsp3) is 0.235. The number of amides is 2. The fourth-order valence-corrected chi connectivity index (χ4v) is 2.17. The Bertz CT molecular complexity index is 719. The van der Waals surface area contributed by atoms with Crippen LogP contribution < -0.4 is 10.6 Å². The molecule has 1 atom stereocenters. The molecule has 1 heterocycles. The van der Waals surface area contributed by atoms with Crippen molar-refractivity contribution < 1.29 is 14.3 Å². The van der Waals surface area contributed by atoms with Crippen LogP contribution in [-0.2, 0) is 9.53 Å². The summed E-state index contributed by atoms with van der Waals surface area (Å²) < 4.78 is 5.89. The van der Waals surface area contributed by atoms with E-state index in [0.29, 0.717) is 17.1 Å². The average molecular weight is 392 g/mol. The monoisotopic (exact) mass is 391 g/mol. The van der Waals surface area contributed by atoms with E-state index in [1.54, 1.807) is 49.7 Å². The highest BCUT2D eigenvalue weighted by molar-refractivity contribution is 9.10. The molecule has 0 spiro atoms. The lowest BCUT2D eigenvalue weighted by Gasteiger charge is -2.11. The number of aromatic nitrogens is 1. The number of nitrogens with zero attached hydrogens (tertiary/aromatic N) is 1. The second kappa shape index (κ2) is 8.56. The molecule has 1 aromatic heterocycles. The van der Waals surface area contributed by atoms with E-state index >= 15 is 0 Å². The van der Waals surface area contributed by atoms with E-state index in [4.69, 9.17) is 4.74 Å². The zero-order valence-electron chi connectivity index (χ0n) is 13.4. The predicted molar refractivity (Wildman–Crippen MR) is 96.0 cm³/mol. The van der Waals surface area contributed by atoms with Crippen LogP contribution in [-0.4, -0.2) is 30.0 Å². The Balaban J connectivity index is 2.02. The van der Waals surface area contributed by atoms with Crippen molar-refractivity contribution in [3.63, 3.8) is 0 Å². The topological polar surface area (TPSA) is 80.3 Å². The molecule has 1 unspecified atom stereocenters. The molecule has 126 valence electrons. The summed E-state index contributed by atoms with van der Waals surface area (Å²) in [5, 5.41) is 5.46. The van der Waals surface area contributed by atoms with Crippen molar-refractivity contribution >= 4 is 39.2 Å². The summed E-state index contributed by atoms with van der Waals surface area (Å²) >= 11 is 3.29.